The van der Waals surface area contributed by atoms with Crippen molar-refractivity contribution in [1.82, 2.24) is 15.1 Å². The molecule has 7 nitrogen and oxygen atoms in total. The fourth-order valence-corrected chi connectivity index (χ4v) is 3.84. The van der Waals surface area contributed by atoms with Gasteiger partial charge in [0.2, 0.25) is 5.91 Å². The van der Waals surface area contributed by atoms with Crippen LogP contribution in [0.25, 0.3) is 0 Å². The van der Waals surface area contributed by atoms with Crippen molar-refractivity contribution < 1.29 is 14.3 Å². The number of likely N-dealkylation sites (N-methyl/N-ethyl adjacent to an activating group) is 1. The van der Waals surface area contributed by atoms with E-state index >= 15 is 0 Å². The average Bonchev–Trinajstić information content (AvgIpc) is 3.30. The van der Waals surface area contributed by atoms with Gasteiger partial charge in [-0.05, 0) is 32.3 Å². The fourth-order valence-electron chi connectivity index (χ4n) is 3.84. The number of carbonyl (C=O) groups excluding carboxylic acids is 1. The van der Waals surface area contributed by atoms with E-state index in [1.807, 2.05) is 49.1 Å². The van der Waals surface area contributed by atoms with Crippen LogP contribution in [0.3, 0.4) is 0 Å². The van der Waals surface area contributed by atoms with Gasteiger partial charge in [-0.25, -0.2) is 4.99 Å². The van der Waals surface area contributed by atoms with Crippen molar-refractivity contribution in [2.24, 2.45) is 4.99 Å². The number of morpholine rings is 1. The quantitative estimate of drug-likeness (QED) is 0.334. The molecule has 30 heavy (non-hydrogen) atoms. The molecule has 2 aliphatic rings. The molecular formula is C22H35IN4O3. The van der Waals surface area contributed by atoms with Gasteiger partial charge in [0.25, 0.3) is 0 Å². The molecule has 1 aromatic carbocycles. The molecule has 2 fully saturated rings. The Balaban J connectivity index is 0.00000320. The van der Waals surface area contributed by atoms with Gasteiger partial charge in [-0.15, -0.1) is 24.0 Å². The summed E-state index contributed by atoms with van der Waals surface area (Å²) in [4.78, 5) is 21.5. The van der Waals surface area contributed by atoms with E-state index in [-0.39, 0.29) is 48.6 Å². The Hall–Kier alpha value is -1.39. The van der Waals surface area contributed by atoms with Crippen LogP contribution in [-0.4, -0.2) is 79.8 Å². The SMILES string of the molecule is CCNC(=NCC(=O)N(CC)Cc1ccccc1)N1CCOC(C2CCCO2)C1.I. The summed E-state index contributed by atoms with van der Waals surface area (Å²) in [5.74, 6) is 0.818. The van der Waals surface area contributed by atoms with Crippen LogP contribution < -0.4 is 5.32 Å². The van der Waals surface area contributed by atoms with Gasteiger partial charge in [-0.2, -0.15) is 0 Å². The van der Waals surface area contributed by atoms with E-state index in [9.17, 15) is 4.79 Å². The molecule has 0 aliphatic carbocycles. The zero-order valence-electron chi connectivity index (χ0n) is 18.1. The van der Waals surface area contributed by atoms with Crippen LogP contribution in [0.2, 0.25) is 0 Å². The van der Waals surface area contributed by atoms with Gasteiger partial charge in [0.05, 0.1) is 12.7 Å². The first kappa shape index (κ1) is 24.9. The number of hydrogen-bond donors (Lipinski definition) is 1. The summed E-state index contributed by atoms with van der Waals surface area (Å²) in [5, 5.41) is 3.33. The Morgan fingerprint density at radius 2 is 1.97 bits per heavy atom. The summed E-state index contributed by atoms with van der Waals surface area (Å²) in [7, 11) is 0. The number of ether oxygens (including phenoxy) is 2. The normalized spacial score (nSPS) is 21.8. The second kappa shape index (κ2) is 13.1. The largest absolute Gasteiger partial charge is 0.375 e. The second-order valence-corrected chi connectivity index (χ2v) is 7.47. The van der Waals surface area contributed by atoms with Crippen molar-refractivity contribution in [1.29, 1.82) is 0 Å². The van der Waals surface area contributed by atoms with Crippen LogP contribution in [0, 0.1) is 0 Å². The van der Waals surface area contributed by atoms with E-state index in [2.05, 4.69) is 15.2 Å². The molecule has 3 rings (SSSR count). The maximum Gasteiger partial charge on any atom is 0.244 e. The van der Waals surface area contributed by atoms with Crippen molar-refractivity contribution in [3.63, 3.8) is 0 Å². The van der Waals surface area contributed by atoms with Gasteiger partial charge in [0.15, 0.2) is 5.96 Å². The number of benzene rings is 1. The molecule has 1 N–H and O–H groups in total. The lowest BCUT2D eigenvalue weighted by molar-refractivity contribution is -0.130. The van der Waals surface area contributed by atoms with E-state index in [0.717, 1.165) is 50.6 Å². The Morgan fingerprint density at radius 3 is 2.63 bits per heavy atom. The number of rotatable bonds is 7. The minimum Gasteiger partial charge on any atom is -0.375 e. The molecule has 8 heteroatoms. The van der Waals surface area contributed by atoms with Crippen molar-refractivity contribution in [3.05, 3.63) is 35.9 Å². The number of nitrogens with one attached hydrogen (secondary N) is 1. The van der Waals surface area contributed by atoms with Crippen molar-refractivity contribution in [3.8, 4) is 0 Å². The number of guanidine groups is 1. The van der Waals surface area contributed by atoms with Gasteiger partial charge < -0.3 is 24.6 Å². The molecule has 0 spiro atoms. The van der Waals surface area contributed by atoms with Crippen LogP contribution in [0.4, 0.5) is 0 Å². The lowest BCUT2D eigenvalue weighted by Crippen LogP contribution is -2.53. The van der Waals surface area contributed by atoms with E-state index in [1.165, 1.54) is 0 Å². The molecule has 2 heterocycles. The monoisotopic (exact) mass is 530 g/mol. The minimum absolute atomic E-state index is 0. The van der Waals surface area contributed by atoms with Crippen LogP contribution in [0.1, 0.15) is 32.3 Å². The molecule has 0 aromatic heterocycles. The first-order valence-electron chi connectivity index (χ1n) is 10.8. The van der Waals surface area contributed by atoms with Gasteiger partial charge in [-0.3, -0.25) is 4.79 Å². The zero-order valence-corrected chi connectivity index (χ0v) is 20.4. The van der Waals surface area contributed by atoms with E-state index in [4.69, 9.17) is 9.47 Å². The first-order valence-corrected chi connectivity index (χ1v) is 10.8. The Bertz CT molecular complexity index is 668. The molecule has 2 aliphatic heterocycles. The fraction of sp³-hybridized carbons (Fsp3) is 0.636. The topological polar surface area (TPSA) is 66.4 Å². The van der Waals surface area contributed by atoms with Crippen LogP contribution in [0.15, 0.2) is 35.3 Å². The van der Waals surface area contributed by atoms with Gasteiger partial charge in [-0.1, -0.05) is 30.3 Å². The standard InChI is InChI=1S/C22H34N4O3.HI/c1-3-23-22(26-12-14-29-20(17-26)19-11-8-13-28-19)24-15-21(27)25(4-2)16-18-9-6-5-7-10-18;/h5-7,9-10,19-20H,3-4,8,11-17H2,1-2H3,(H,23,24);1H. The number of amides is 1. The third-order valence-electron chi connectivity index (χ3n) is 5.42. The molecular weight excluding hydrogens is 495 g/mol. The van der Waals surface area contributed by atoms with Crippen LogP contribution >= 0.6 is 24.0 Å². The lowest BCUT2D eigenvalue weighted by atomic mass is 10.1. The highest BCUT2D eigenvalue weighted by atomic mass is 127. The van der Waals surface area contributed by atoms with Crippen molar-refractivity contribution in [2.75, 3.05) is 45.9 Å². The Kier molecular flexibility index (Phi) is 10.9. The number of halogens is 1. The minimum atomic E-state index is 0. The van der Waals surface area contributed by atoms with Crippen LogP contribution in [-0.2, 0) is 20.8 Å². The highest BCUT2D eigenvalue weighted by Crippen LogP contribution is 2.21. The van der Waals surface area contributed by atoms with Gasteiger partial charge in [0, 0.05) is 39.3 Å². The van der Waals surface area contributed by atoms with Gasteiger partial charge in [0.1, 0.15) is 12.6 Å². The number of nitrogens with zero attached hydrogens (tertiary/aromatic N) is 3. The zero-order chi connectivity index (χ0) is 20.5. The van der Waals surface area contributed by atoms with Gasteiger partial charge >= 0.3 is 0 Å². The summed E-state index contributed by atoms with van der Waals surface area (Å²) >= 11 is 0. The van der Waals surface area contributed by atoms with Crippen LogP contribution in [0.5, 0.6) is 0 Å². The molecule has 2 saturated heterocycles. The predicted molar refractivity (Wildman–Crippen MR) is 129 cm³/mol. The summed E-state index contributed by atoms with van der Waals surface area (Å²) in [5.41, 5.74) is 1.13. The molecule has 0 radical (unpaired) electrons. The Labute approximate surface area is 197 Å². The summed E-state index contributed by atoms with van der Waals surface area (Å²) < 4.78 is 11.8. The van der Waals surface area contributed by atoms with E-state index in [0.29, 0.717) is 19.7 Å². The highest BCUT2D eigenvalue weighted by molar-refractivity contribution is 14.0. The summed E-state index contributed by atoms with van der Waals surface area (Å²) in [6.07, 6.45) is 2.39. The number of carbonyl (C=O) groups is 1. The molecule has 0 bridgehead atoms. The summed E-state index contributed by atoms with van der Waals surface area (Å²) in [6, 6.07) is 10.1. The third kappa shape index (κ3) is 7.09. The third-order valence-corrected chi connectivity index (χ3v) is 5.42. The first-order chi connectivity index (χ1) is 14.2. The lowest BCUT2D eigenvalue weighted by Gasteiger charge is -2.37. The maximum absolute atomic E-state index is 12.8. The highest BCUT2D eigenvalue weighted by Gasteiger charge is 2.32. The molecule has 1 aromatic rings. The smallest absolute Gasteiger partial charge is 0.244 e. The predicted octanol–water partition coefficient (Wildman–Crippen LogP) is 2.50. The Morgan fingerprint density at radius 1 is 1.20 bits per heavy atom. The van der Waals surface area contributed by atoms with Crippen molar-refractivity contribution >= 4 is 35.8 Å². The number of hydrogen-bond acceptors (Lipinski definition) is 4. The van der Waals surface area contributed by atoms with E-state index < -0.39 is 0 Å². The molecule has 0 saturated carbocycles. The second-order valence-electron chi connectivity index (χ2n) is 7.47. The average molecular weight is 530 g/mol. The van der Waals surface area contributed by atoms with Crippen molar-refractivity contribution in [2.45, 2.75) is 45.4 Å². The molecule has 2 unspecified atom stereocenters. The maximum atomic E-state index is 12.8. The summed E-state index contributed by atoms with van der Waals surface area (Å²) in [6.45, 7) is 9.21. The molecule has 168 valence electrons. The number of aliphatic imine (C=N–C) groups is 1. The van der Waals surface area contributed by atoms with E-state index in [1.54, 1.807) is 0 Å². The molecule has 1 amide bonds. The molecule has 2 atom stereocenters.